The highest BCUT2D eigenvalue weighted by Gasteiger charge is 2.18. The van der Waals surface area contributed by atoms with Crippen molar-refractivity contribution in [2.45, 2.75) is 4.90 Å². The molecule has 0 radical (unpaired) electrons. The third-order valence-corrected chi connectivity index (χ3v) is 5.88. The number of carbonyl (C=O) groups is 1. The van der Waals surface area contributed by atoms with Crippen molar-refractivity contribution in [2.75, 3.05) is 17.1 Å². The number of sulfonamides is 1. The molecule has 2 aromatic carbocycles. The molecule has 0 aliphatic carbocycles. The van der Waals surface area contributed by atoms with Crippen LogP contribution >= 0.6 is 28.1 Å². The Morgan fingerprint density at radius 3 is 2.48 bits per heavy atom. The summed E-state index contributed by atoms with van der Waals surface area (Å²) in [6, 6.07) is 12.6. The highest BCUT2D eigenvalue weighted by molar-refractivity contribution is 9.10. The molecule has 0 saturated heterocycles. The van der Waals surface area contributed by atoms with Crippen molar-refractivity contribution >= 4 is 60.7 Å². The lowest BCUT2D eigenvalue weighted by atomic mass is 10.2. The Morgan fingerprint density at radius 2 is 1.81 bits per heavy atom. The summed E-state index contributed by atoms with van der Waals surface area (Å²) in [6.45, 7) is 0. The van der Waals surface area contributed by atoms with Crippen molar-refractivity contribution in [3.8, 4) is 5.88 Å². The first-order chi connectivity index (χ1) is 14.8. The smallest absolute Gasteiger partial charge is 0.263 e. The number of hydrogen-bond donors (Lipinski definition) is 3. The summed E-state index contributed by atoms with van der Waals surface area (Å²) < 4.78 is 33.3. The van der Waals surface area contributed by atoms with Gasteiger partial charge in [0, 0.05) is 28.1 Å². The van der Waals surface area contributed by atoms with Crippen LogP contribution < -0.4 is 20.1 Å². The number of anilines is 2. The van der Waals surface area contributed by atoms with Gasteiger partial charge in [-0.1, -0.05) is 22.0 Å². The lowest BCUT2D eigenvalue weighted by Crippen LogP contribution is -2.34. The second-order valence-corrected chi connectivity index (χ2v) is 8.97. The van der Waals surface area contributed by atoms with Crippen LogP contribution in [0, 0.1) is 0 Å². The van der Waals surface area contributed by atoms with E-state index in [-0.39, 0.29) is 27.6 Å². The number of aromatic nitrogens is 2. The first-order valence-electron chi connectivity index (χ1n) is 8.64. The third-order valence-electron chi connectivity index (χ3n) is 3.83. The first kappa shape index (κ1) is 22.6. The Kier molecular flexibility index (Phi) is 7.15. The summed E-state index contributed by atoms with van der Waals surface area (Å²) >= 11 is 8.46. The molecule has 1 heterocycles. The van der Waals surface area contributed by atoms with Crippen molar-refractivity contribution < 1.29 is 17.9 Å². The van der Waals surface area contributed by atoms with E-state index in [4.69, 9.17) is 17.0 Å². The second kappa shape index (κ2) is 9.81. The quantitative estimate of drug-likeness (QED) is 0.422. The average molecular weight is 522 g/mol. The second-order valence-electron chi connectivity index (χ2n) is 5.96. The zero-order valence-electron chi connectivity index (χ0n) is 16.0. The molecule has 1 aromatic heterocycles. The van der Waals surface area contributed by atoms with E-state index in [2.05, 4.69) is 41.3 Å². The fourth-order valence-corrected chi connectivity index (χ4v) is 4.03. The van der Waals surface area contributed by atoms with Crippen LogP contribution in [0.1, 0.15) is 10.4 Å². The SMILES string of the molecule is COc1nccnc1NS(=O)(=O)c1ccc(NC(=S)NC(=O)c2cccc(Br)c2)cc1. The van der Waals surface area contributed by atoms with Crippen LogP contribution in [0.5, 0.6) is 5.88 Å². The molecular weight excluding hydrogens is 506 g/mol. The maximum atomic E-state index is 12.6. The van der Waals surface area contributed by atoms with Gasteiger partial charge in [0.15, 0.2) is 5.11 Å². The molecule has 0 bridgehead atoms. The largest absolute Gasteiger partial charge is 0.478 e. The van der Waals surface area contributed by atoms with Crippen molar-refractivity contribution in [2.24, 2.45) is 0 Å². The fourth-order valence-electron chi connectivity index (χ4n) is 2.42. The zero-order chi connectivity index (χ0) is 22.4. The molecule has 0 unspecified atom stereocenters. The Hall–Kier alpha value is -3.09. The van der Waals surface area contributed by atoms with E-state index in [0.29, 0.717) is 11.3 Å². The molecule has 1 amide bonds. The molecule has 160 valence electrons. The first-order valence-corrected chi connectivity index (χ1v) is 11.3. The molecule has 0 atom stereocenters. The summed E-state index contributed by atoms with van der Waals surface area (Å²) in [4.78, 5) is 20.1. The number of rotatable bonds is 6. The molecule has 12 heteroatoms. The van der Waals surface area contributed by atoms with Gasteiger partial charge >= 0.3 is 0 Å². The number of hydrogen-bond acceptors (Lipinski definition) is 7. The predicted octanol–water partition coefficient (Wildman–Crippen LogP) is 3.18. The maximum Gasteiger partial charge on any atom is 0.263 e. The van der Waals surface area contributed by atoms with Gasteiger partial charge in [0.05, 0.1) is 12.0 Å². The number of halogens is 1. The van der Waals surface area contributed by atoms with Crippen LogP contribution in [0.15, 0.2) is 70.3 Å². The minimum Gasteiger partial charge on any atom is -0.478 e. The number of ether oxygens (including phenoxy) is 1. The number of carbonyl (C=O) groups excluding carboxylic acids is 1. The van der Waals surface area contributed by atoms with Crippen LogP contribution in [-0.2, 0) is 10.0 Å². The molecule has 3 N–H and O–H groups in total. The van der Waals surface area contributed by atoms with Gasteiger partial charge in [-0.2, -0.15) is 0 Å². The lowest BCUT2D eigenvalue weighted by Gasteiger charge is -2.12. The summed E-state index contributed by atoms with van der Waals surface area (Å²) in [5, 5.41) is 5.47. The Bertz CT molecular complexity index is 1220. The normalized spacial score (nSPS) is 10.8. The van der Waals surface area contributed by atoms with Crippen molar-refractivity contribution in [3.05, 3.63) is 71.0 Å². The summed E-state index contributed by atoms with van der Waals surface area (Å²) in [5.74, 6) is -0.348. The van der Waals surface area contributed by atoms with Crippen LogP contribution in [0.25, 0.3) is 0 Å². The minimum atomic E-state index is -3.92. The molecule has 0 fully saturated rings. The van der Waals surface area contributed by atoms with Crippen LogP contribution in [-0.4, -0.2) is 36.5 Å². The minimum absolute atomic E-state index is 0.00477. The molecule has 31 heavy (non-hydrogen) atoms. The van der Waals surface area contributed by atoms with Crippen molar-refractivity contribution in [1.29, 1.82) is 0 Å². The summed E-state index contributed by atoms with van der Waals surface area (Å²) in [6.07, 6.45) is 2.73. The van der Waals surface area contributed by atoms with E-state index < -0.39 is 10.0 Å². The van der Waals surface area contributed by atoms with Gasteiger partial charge in [-0.05, 0) is 54.7 Å². The summed E-state index contributed by atoms with van der Waals surface area (Å²) in [7, 11) is -2.56. The number of thiocarbonyl (C=S) groups is 1. The molecular formula is C19H16BrN5O4S2. The highest BCUT2D eigenvalue weighted by Crippen LogP contribution is 2.22. The zero-order valence-corrected chi connectivity index (χ0v) is 19.2. The van der Waals surface area contributed by atoms with Crippen molar-refractivity contribution in [3.63, 3.8) is 0 Å². The standard InChI is InChI=1S/C19H16BrN5O4S2/c1-29-18-16(21-9-10-22-18)25-31(27,28)15-7-5-14(6-8-15)23-19(30)24-17(26)12-3-2-4-13(20)11-12/h2-11H,1H3,(H,21,25)(H2,23,24,26,30). The average Bonchev–Trinajstić information content (AvgIpc) is 2.74. The monoisotopic (exact) mass is 521 g/mol. The van der Waals surface area contributed by atoms with E-state index in [1.165, 1.54) is 43.8 Å². The number of benzene rings is 2. The van der Waals surface area contributed by atoms with E-state index in [1.807, 2.05) is 0 Å². The van der Waals surface area contributed by atoms with Gasteiger partial charge in [0.2, 0.25) is 5.82 Å². The topological polar surface area (TPSA) is 122 Å². The molecule has 3 rings (SSSR count). The van der Waals surface area contributed by atoms with E-state index in [9.17, 15) is 13.2 Å². The van der Waals surface area contributed by atoms with Crippen molar-refractivity contribution in [1.82, 2.24) is 15.3 Å². The molecule has 9 nitrogen and oxygen atoms in total. The van der Waals surface area contributed by atoms with Gasteiger partial charge in [-0.25, -0.2) is 18.4 Å². The van der Waals surface area contributed by atoms with Gasteiger partial charge in [0.25, 0.3) is 21.8 Å². The molecule has 0 aliphatic heterocycles. The molecule has 3 aromatic rings. The van der Waals surface area contributed by atoms with E-state index in [0.717, 1.165) is 4.47 Å². The number of nitrogens with one attached hydrogen (secondary N) is 3. The number of methoxy groups -OCH3 is 1. The molecule has 0 saturated carbocycles. The van der Waals surface area contributed by atoms with E-state index >= 15 is 0 Å². The van der Waals surface area contributed by atoms with Crippen LogP contribution in [0.3, 0.4) is 0 Å². The van der Waals surface area contributed by atoms with Gasteiger partial charge in [0.1, 0.15) is 0 Å². The highest BCUT2D eigenvalue weighted by atomic mass is 79.9. The van der Waals surface area contributed by atoms with Crippen LogP contribution in [0.2, 0.25) is 0 Å². The van der Waals surface area contributed by atoms with Crippen LogP contribution in [0.4, 0.5) is 11.5 Å². The van der Waals surface area contributed by atoms with Gasteiger partial charge < -0.3 is 10.1 Å². The Balaban J connectivity index is 1.65. The number of nitrogens with zero attached hydrogens (tertiary/aromatic N) is 2. The molecule has 0 aliphatic rings. The number of amides is 1. The van der Waals surface area contributed by atoms with Gasteiger partial charge in [-0.3, -0.25) is 14.8 Å². The lowest BCUT2D eigenvalue weighted by molar-refractivity contribution is 0.0977. The Labute approximate surface area is 192 Å². The maximum absolute atomic E-state index is 12.6. The Morgan fingerprint density at radius 1 is 1.10 bits per heavy atom. The fraction of sp³-hybridized carbons (Fsp3) is 0.0526. The predicted molar refractivity (Wildman–Crippen MR) is 124 cm³/mol. The van der Waals surface area contributed by atoms with E-state index in [1.54, 1.807) is 24.3 Å². The molecule has 0 spiro atoms. The third kappa shape index (κ3) is 5.96. The summed E-state index contributed by atoms with van der Waals surface area (Å²) in [5.41, 5.74) is 0.932. The van der Waals surface area contributed by atoms with Gasteiger partial charge in [-0.15, -0.1) is 0 Å².